The molecule has 158 valence electrons. The van der Waals surface area contributed by atoms with Gasteiger partial charge in [0.1, 0.15) is 17.1 Å². The molecule has 2 aromatic rings. The zero-order chi connectivity index (χ0) is 21.4. The number of rotatable bonds is 8. The van der Waals surface area contributed by atoms with Crippen molar-refractivity contribution in [2.45, 2.75) is 52.6 Å². The lowest BCUT2D eigenvalue weighted by Crippen LogP contribution is -2.47. The molecular formula is C23H32N2O4. The number of nitrogens with one attached hydrogen (secondary N) is 1. The summed E-state index contributed by atoms with van der Waals surface area (Å²) in [6.07, 6.45) is -0.659. The van der Waals surface area contributed by atoms with Gasteiger partial charge in [-0.05, 0) is 63.1 Å². The number of carbonyl (C=O) groups excluding carboxylic acids is 1. The van der Waals surface area contributed by atoms with Crippen LogP contribution in [0.1, 0.15) is 38.8 Å². The first-order valence-corrected chi connectivity index (χ1v) is 9.69. The van der Waals surface area contributed by atoms with Crippen LogP contribution in [0.4, 0.5) is 4.79 Å². The average molecular weight is 401 g/mol. The molecule has 0 aliphatic heterocycles. The maximum Gasteiger partial charge on any atom is 0.408 e. The van der Waals surface area contributed by atoms with Gasteiger partial charge in [0.05, 0.1) is 20.4 Å². The molecule has 0 aromatic heterocycles. The SMILES string of the molecule is COc1ccc(CN(Cc2ccc(OC)cc2)C(C)NC(=O)OC(C)(C)C)cc1. The lowest BCUT2D eigenvalue weighted by Gasteiger charge is -2.31. The Morgan fingerprint density at radius 3 is 1.66 bits per heavy atom. The molecule has 0 bridgehead atoms. The quantitative estimate of drug-likeness (QED) is 0.658. The van der Waals surface area contributed by atoms with Crippen molar-refractivity contribution < 1.29 is 19.0 Å². The fourth-order valence-electron chi connectivity index (χ4n) is 2.83. The van der Waals surface area contributed by atoms with Crippen LogP contribution in [0.2, 0.25) is 0 Å². The number of alkyl carbamates (subject to hydrolysis) is 1. The average Bonchev–Trinajstić information content (AvgIpc) is 2.67. The van der Waals surface area contributed by atoms with Crippen molar-refractivity contribution in [3.63, 3.8) is 0 Å². The van der Waals surface area contributed by atoms with Gasteiger partial charge in [0.15, 0.2) is 0 Å². The smallest absolute Gasteiger partial charge is 0.408 e. The van der Waals surface area contributed by atoms with E-state index in [-0.39, 0.29) is 6.17 Å². The van der Waals surface area contributed by atoms with E-state index in [0.717, 1.165) is 22.6 Å². The molecule has 0 fully saturated rings. The van der Waals surface area contributed by atoms with Crippen LogP contribution in [-0.2, 0) is 17.8 Å². The van der Waals surface area contributed by atoms with E-state index < -0.39 is 11.7 Å². The molecule has 0 aliphatic rings. The van der Waals surface area contributed by atoms with Gasteiger partial charge in [-0.25, -0.2) is 4.79 Å². The Bertz CT molecular complexity index is 717. The van der Waals surface area contributed by atoms with Crippen LogP contribution in [0.5, 0.6) is 11.5 Å². The molecule has 2 aromatic carbocycles. The molecular weight excluding hydrogens is 368 g/mol. The largest absolute Gasteiger partial charge is 0.497 e. The molecule has 29 heavy (non-hydrogen) atoms. The number of nitrogens with zero attached hydrogens (tertiary/aromatic N) is 1. The van der Waals surface area contributed by atoms with Crippen molar-refractivity contribution in [3.05, 3.63) is 59.7 Å². The summed E-state index contributed by atoms with van der Waals surface area (Å²) < 4.78 is 15.9. The molecule has 6 heteroatoms. The summed E-state index contributed by atoms with van der Waals surface area (Å²) in [5.41, 5.74) is 1.70. The van der Waals surface area contributed by atoms with Gasteiger partial charge in [-0.1, -0.05) is 24.3 Å². The van der Waals surface area contributed by atoms with Gasteiger partial charge in [0, 0.05) is 13.1 Å². The van der Waals surface area contributed by atoms with Gasteiger partial charge in [-0.3, -0.25) is 4.90 Å². The van der Waals surface area contributed by atoms with Gasteiger partial charge in [0.25, 0.3) is 0 Å². The first-order chi connectivity index (χ1) is 13.7. The fraction of sp³-hybridized carbons (Fsp3) is 0.435. The summed E-state index contributed by atoms with van der Waals surface area (Å²) in [7, 11) is 3.30. The van der Waals surface area contributed by atoms with Crippen molar-refractivity contribution >= 4 is 6.09 Å². The highest BCUT2D eigenvalue weighted by Crippen LogP contribution is 2.18. The molecule has 0 radical (unpaired) electrons. The highest BCUT2D eigenvalue weighted by molar-refractivity contribution is 5.67. The Kier molecular flexibility index (Phi) is 7.91. The molecule has 0 heterocycles. The predicted molar refractivity (Wildman–Crippen MR) is 114 cm³/mol. The Morgan fingerprint density at radius 2 is 1.31 bits per heavy atom. The van der Waals surface area contributed by atoms with Crippen LogP contribution in [0.3, 0.4) is 0 Å². The van der Waals surface area contributed by atoms with E-state index in [1.807, 2.05) is 76.2 Å². The van der Waals surface area contributed by atoms with E-state index in [1.165, 1.54) is 0 Å². The lowest BCUT2D eigenvalue weighted by molar-refractivity contribution is 0.0415. The van der Waals surface area contributed by atoms with E-state index in [4.69, 9.17) is 14.2 Å². The standard InChI is InChI=1S/C23H32N2O4/c1-17(24-22(26)29-23(2,3)4)25(15-18-7-11-20(27-5)12-8-18)16-19-9-13-21(28-6)14-10-19/h7-14,17H,15-16H2,1-6H3,(H,24,26). The van der Waals surface area contributed by atoms with Crippen LogP contribution in [0.25, 0.3) is 0 Å². The van der Waals surface area contributed by atoms with Crippen LogP contribution in [0, 0.1) is 0 Å². The number of carbonyl (C=O) groups is 1. The van der Waals surface area contributed by atoms with Crippen LogP contribution in [-0.4, -0.2) is 37.0 Å². The molecule has 1 unspecified atom stereocenters. The zero-order valence-corrected chi connectivity index (χ0v) is 18.2. The second kappa shape index (κ2) is 10.2. The van der Waals surface area contributed by atoms with Gasteiger partial charge < -0.3 is 19.5 Å². The maximum absolute atomic E-state index is 12.3. The molecule has 1 amide bonds. The van der Waals surface area contributed by atoms with Gasteiger partial charge >= 0.3 is 6.09 Å². The van der Waals surface area contributed by atoms with E-state index in [9.17, 15) is 4.79 Å². The lowest BCUT2D eigenvalue weighted by atomic mass is 10.1. The molecule has 0 saturated carbocycles. The molecule has 6 nitrogen and oxygen atoms in total. The second-order valence-corrected chi connectivity index (χ2v) is 7.92. The third-order valence-electron chi connectivity index (χ3n) is 4.36. The minimum atomic E-state index is -0.541. The van der Waals surface area contributed by atoms with Crippen LogP contribution in [0.15, 0.2) is 48.5 Å². The molecule has 1 N–H and O–H groups in total. The molecule has 0 saturated heterocycles. The van der Waals surface area contributed by atoms with Gasteiger partial charge in [0.2, 0.25) is 0 Å². The van der Waals surface area contributed by atoms with Crippen molar-refractivity contribution in [3.8, 4) is 11.5 Å². The maximum atomic E-state index is 12.3. The summed E-state index contributed by atoms with van der Waals surface area (Å²) in [6, 6.07) is 15.9. The Hall–Kier alpha value is -2.73. The van der Waals surface area contributed by atoms with Crippen molar-refractivity contribution in [1.82, 2.24) is 10.2 Å². The van der Waals surface area contributed by atoms with Gasteiger partial charge in [-0.2, -0.15) is 0 Å². The monoisotopic (exact) mass is 400 g/mol. The first-order valence-electron chi connectivity index (χ1n) is 9.69. The van der Waals surface area contributed by atoms with E-state index in [2.05, 4.69) is 10.2 Å². The highest BCUT2D eigenvalue weighted by Gasteiger charge is 2.21. The Balaban J connectivity index is 2.14. The summed E-state index contributed by atoms with van der Waals surface area (Å²) in [6.45, 7) is 8.83. The van der Waals surface area contributed by atoms with Gasteiger partial charge in [-0.15, -0.1) is 0 Å². The van der Waals surface area contributed by atoms with Crippen LogP contribution < -0.4 is 14.8 Å². The number of methoxy groups -OCH3 is 2. The Labute approximate surface area is 173 Å². The molecule has 0 spiro atoms. The second-order valence-electron chi connectivity index (χ2n) is 7.92. The highest BCUT2D eigenvalue weighted by atomic mass is 16.6. The summed E-state index contributed by atoms with van der Waals surface area (Å²) in [5, 5.41) is 2.94. The minimum absolute atomic E-state index is 0.228. The Morgan fingerprint density at radius 1 is 0.897 bits per heavy atom. The van der Waals surface area contributed by atoms with E-state index in [1.54, 1.807) is 14.2 Å². The summed E-state index contributed by atoms with van der Waals surface area (Å²) in [4.78, 5) is 14.4. The zero-order valence-electron chi connectivity index (χ0n) is 18.2. The molecule has 2 rings (SSSR count). The molecule has 0 aliphatic carbocycles. The van der Waals surface area contributed by atoms with Crippen molar-refractivity contribution in [1.29, 1.82) is 0 Å². The summed E-state index contributed by atoms with van der Waals surface area (Å²) in [5.74, 6) is 1.63. The summed E-state index contributed by atoms with van der Waals surface area (Å²) >= 11 is 0. The van der Waals surface area contributed by atoms with E-state index in [0.29, 0.717) is 13.1 Å². The van der Waals surface area contributed by atoms with Crippen LogP contribution >= 0.6 is 0 Å². The normalized spacial score (nSPS) is 12.4. The topological polar surface area (TPSA) is 60.0 Å². The van der Waals surface area contributed by atoms with E-state index >= 15 is 0 Å². The third-order valence-corrected chi connectivity index (χ3v) is 4.36. The minimum Gasteiger partial charge on any atom is -0.497 e. The number of ether oxygens (including phenoxy) is 3. The predicted octanol–water partition coefficient (Wildman–Crippen LogP) is 4.58. The molecule has 1 atom stereocenters. The fourth-order valence-corrected chi connectivity index (χ4v) is 2.83. The third kappa shape index (κ3) is 7.66. The van der Waals surface area contributed by atoms with Crippen molar-refractivity contribution in [2.75, 3.05) is 14.2 Å². The number of hydrogen-bond donors (Lipinski definition) is 1. The number of benzene rings is 2. The van der Waals surface area contributed by atoms with Crippen molar-refractivity contribution in [2.24, 2.45) is 0 Å². The first kappa shape index (κ1) is 22.6. The number of hydrogen-bond acceptors (Lipinski definition) is 5. The number of amides is 1.